The number of nitrogens with two attached hydrogens (primary N) is 1. The Morgan fingerprint density at radius 2 is 1.59 bits per heavy atom. The van der Waals surface area contributed by atoms with Gasteiger partial charge in [-0.15, -0.1) is 0 Å². The Kier molecular flexibility index (Phi) is 6.69. The van der Waals surface area contributed by atoms with E-state index < -0.39 is 0 Å². The molecule has 164 valence electrons. The summed E-state index contributed by atoms with van der Waals surface area (Å²) in [5.74, 6) is 0.0949. The molecule has 0 fully saturated rings. The van der Waals surface area contributed by atoms with Crippen LogP contribution in [0.15, 0.2) is 78.9 Å². The number of carbonyl (C=O) groups excluding carboxylic acids is 1. The maximum Gasteiger partial charge on any atom is 0.227 e. The molecule has 32 heavy (non-hydrogen) atoms. The number of hydrogen-bond acceptors (Lipinski definition) is 3. The summed E-state index contributed by atoms with van der Waals surface area (Å²) in [4.78, 5) is 14.8. The minimum absolute atomic E-state index is 0.0949. The molecule has 4 rings (SSSR count). The predicted molar refractivity (Wildman–Crippen MR) is 132 cm³/mol. The Hall–Kier alpha value is -3.41. The van der Waals surface area contributed by atoms with Gasteiger partial charge in [0.1, 0.15) is 0 Å². The number of para-hydroxylation sites is 1. The van der Waals surface area contributed by atoms with E-state index in [9.17, 15) is 4.79 Å². The lowest BCUT2D eigenvalue weighted by atomic mass is 10.0. The van der Waals surface area contributed by atoms with Crippen molar-refractivity contribution in [2.75, 3.05) is 19.0 Å². The van der Waals surface area contributed by atoms with Crippen molar-refractivity contribution in [1.29, 1.82) is 0 Å². The first-order valence-corrected chi connectivity index (χ1v) is 11.0. The summed E-state index contributed by atoms with van der Waals surface area (Å²) in [5, 5.41) is 4.42. The van der Waals surface area contributed by atoms with Crippen molar-refractivity contribution in [3.63, 3.8) is 0 Å². The van der Waals surface area contributed by atoms with Gasteiger partial charge in [-0.2, -0.15) is 0 Å². The summed E-state index contributed by atoms with van der Waals surface area (Å²) in [6.45, 7) is 1.13. The van der Waals surface area contributed by atoms with Crippen LogP contribution in [-0.4, -0.2) is 24.6 Å². The fourth-order valence-corrected chi connectivity index (χ4v) is 4.34. The lowest BCUT2D eigenvalue weighted by molar-refractivity contribution is -0.118. The second kappa shape index (κ2) is 9.81. The third-order valence-electron chi connectivity index (χ3n) is 6.05. The van der Waals surface area contributed by atoms with Gasteiger partial charge in [-0.25, -0.2) is 0 Å². The van der Waals surface area contributed by atoms with Crippen LogP contribution in [0.5, 0.6) is 0 Å². The smallest absolute Gasteiger partial charge is 0.227 e. The van der Waals surface area contributed by atoms with Crippen molar-refractivity contribution in [2.24, 2.45) is 5.73 Å². The number of fused-ring (bicyclic) bond motifs is 1. The Morgan fingerprint density at radius 3 is 2.28 bits per heavy atom. The van der Waals surface area contributed by atoms with Crippen molar-refractivity contribution in [3.8, 4) is 11.1 Å². The number of benzene rings is 3. The topological polar surface area (TPSA) is 63.3 Å². The van der Waals surface area contributed by atoms with Gasteiger partial charge in [-0.1, -0.05) is 60.7 Å². The van der Waals surface area contributed by atoms with Gasteiger partial charge in [0.15, 0.2) is 0 Å². The maximum absolute atomic E-state index is 13.0. The van der Waals surface area contributed by atoms with Crippen LogP contribution < -0.4 is 16.0 Å². The zero-order valence-corrected chi connectivity index (χ0v) is 18.7. The fraction of sp³-hybridized carbons (Fsp3) is 0.222. The molecule has 3 N–H and O–H groups in total. The number of nitrogens with one attached hydrogen (secondary N) is 1. The van der Waals surface area contributed by atoms with Crippen molar-refractivity contribution in [2.45, 2.75) is 26.1 Å². The number of aromatic nitrogens is 1. The summed E-state index contributed by atoms with van der Waals surface area (Å²) in [5.41, 5.74) is 12.7. The third-order valence-corrected chi connectivity index (χ3v) is 6.05. The Labute approximate surface area is 189 Å². The van der Waals surface area contributed by atoms with Gasteiger partial charge < -0.3 is 20.5 Å². The van der Waals surface area contributed by atoms with E-state index in [4.69, 9.17) is 5.73 Å². The maximum atomic E-state index is 13.0. The highest BCUT2D eigenvalue weighted by atomic mass is 16.2. The Morgan fingerprint density at radius 1 is 0.938 bits per heavy atom. The predicted octanol–water partition coefficient (Wildman–Crippen LogP) is 4.54. The van der Waals surface area contributed by atoms with Crippen molar-refractivity contribution < 1.29 is 4.79 Å². The fourth-order valence-electron chi connectivity index (χ4n) is 4.34. The molecule has 0 saturated heterocycles. The second-order valence-corrected chi connectivity index (χ2v) is 7.95. The van der Waals surface area contributed by atoms with Gasteiger partial charge >= 0.3 is 0 Å². The normalized spacial score (nSPS) is 11.1. The molecule has 0 bridgehead atoms. The van der Waals surface area contributed by atoms with E-state index in [1.807, 2.05) is 56.6 Å². The van der Waals surface area contributed by atoms with Crippen molar-refractivity contribution in [1.82, 2.24) is 9.88 Å². The summed E-state index contributed by atoms with van der Waals surface area (Å²) >= 11 is 0. The number of nitrogens with zero attached hydrogens (tertiary/aromatic N) is 2. The third kappa shape index (κ3) is 4.31. The van der Waals surface area contributed by atoms with Gasteiger partial charge in [0.2, 0.25) is 5.91 Å². The van der Waals surface area contributed by atoms with Gasteiger partial charge in [-0.05, 0) is 48.4 Å². The lowest BCUT2D eigenvalue weighted by Crippen LogP contribution is -2.26. The van der Waals surface area contributed by atoms with E-state index in [0.717, 1.165) is 22.5 Å². The molecule has 1 amide bonds. The van der Waals surface area contributed by atoms with Crippen LogP contribution in [-0.2, 0) is 24.4 Å². The molecule has 5 nitrogen and oxygen atoms in total. The van der Waals surface area contributed by atoms with Crippen molar-refractivity contribution in [3.05, 3.63) is 90.1 Å². The zero-order chi connectivity index (χ0) is 22.5. The number of hydrogen-bond donors (Lipinski definition) is 2. The van der Waals surface area contributed by atoms with E-state index in [0.29, 0.717) is 26.1 Å². The average Bonchev–Trinajstić information content (AvgIpc) is 3.15. The first-order valence-electron chi connectivity index (χ1n) is 11.0. The van der Waals surface area contributed by atoms with Crippen LogP contribution >= 0.6 is 0 Å². The second-order valence-electron chi connectivity index (χ2n) is 7.95. The Bertz CT molecular complexity index is 1200. The average molecular weight is 427 g/mol. The largest absolute Gasteiger partial charge is 0.330 e. The molecule has 4 aromatic rings. The molecule has 1 aromatic heterocycles. The number of rotatable bonds is 8. The minimum atomic E-state index is 0.0949. The summed E-state index contributed by atoms with van der Waals surface area (Å²) in [7, 11) is 3.78. The summed E-state index contributed by atoms with van der Waals surface area (Å²) in [6.07, 6.45) is 1.11. The quantitative estimate of drug-likeness (QED) is 0.435. The van der Waals surface area contributed by atoms with Gasteiger partial charge in [0.25, 0.3) is 0 Å². The highest BCUT2D eigenvalue weighted by Crippen LogP contribution is 2.28. The van der Waals surface area contributed by atoms with E-state index in [-0.39, 0.29) is 5.91 Å². The van der Waals surface area contributed by atoms with Crippen LogP contribution in [0.25, 0.3) is 22.0 Å². The zero-order valence-electron chi connectivity index (χ0n) is 18.7. The van der Waals surface area contributed by atoms with E-state index >= 15 is 0 Å². The molecular weight excluding hydrogens is 396 g/mol. The molecule has 1 heterocycles. The molecule has 5 heteroatoms. The molecule has 0 aliphatic heterocycles. The number of anilines is 1. The van der Waals surface area contributed by atoms with Crippen molar-refractivity contribution >= 4 is 22.5 Å². The van der Waals surface area contributed by atoms with Crippen LogP contribution in [0.2, 0.25) is 0 Å². The summed E-state index contributed by atoms with van der Waals surface area (Å²) in [6, 6.07) is 26.7. The summed E-state index contributed by atoms with van der Waals surface area (Å²) < 4.78 is 2.14. The number of amides is 1. The molecule has 0 radical (unpaired) electrons. The standard InChI is InChI=1S/C27H30N4O/c1-29-18-26-24(23-10-6-7-11-25(23)31(26)19-28)16-17-27(32)30(2)22-14-12-21(13-15-22)20-8-4-3-5-9-20/h3-15,29H,16-19,28H2,1-2H3. The van der Waals surface area contributed by atoms with E-state index in [1.165, 1.54) is 16.5 Å². The monoisotopic (exact) mass is 426 g/mol. The number of carbonyl (C=O) groups is 1. The van der Waals surface area contributed by atoms with Gasteiger partial charge in [0.05, 0.1) is 6.67 Å². The van der Waals surface area contributed by atoms with E-state index in [2.05, 4.69) is 46.3 Å². The lowest BCUT2D eigenvalue weighted by Gasteiger charge is -2.18. The molecule has 0 aliphatic rings. The minimum Gasteiger partial charge on any atom is -0.330 e. The molecular formula is C27H30N4O. The first-order chi connectivity index (χ1) is 15.6. The molecule has 3 aromatic carbocycles. The SMILES string of the molecule is CNCc1c(CCC(=O)N(C)c2ccc(-c3ccccc3)cc2)c2ccccc2n1CN. The number of aryl methyl sites for hydroxylation is 1. The molecule has 0 saturated carbocycles. The van der Waals surface area contributed by atoms with Crippen LogP contribution in [0.4, 0.5) is 5.69 Å². The molecule has 0 aliphatic carbocycles. The molecule has 0 spiro atoms. The van der Waals surface area contributed by atoms with Crippen LogP contribution in [0, 0.1) is 0 Å². The van der Waals surface area contributed by atoms with E-state index in [1.54, 1.807) is 4.90 Å². The molecule has 0 atom stereocenters. The van der Waals surface area contributed by atoms with Crippen LogP contribution in [0.3, 0.4) is 0 Å². The molecule has 0 unspecified atom stereocenters. The highest BCUT2D eigenvalue weighted by molar-refractivity contribution is 5.94. The first kappa shape index (κ1) is 21.8. The highest BCUT2D eigenvalue weighted by Gasteiger charge is 2.18. The van der Waals surface area contributed by atoms with Gasteiger partial charge in [-0.3, -0.25) is 4.79 Å². The van der Waals surface area contributed by atoms with Gasteiger partial charge in [0, 0.05) is 42.3 Å². The van der Waals surface area contributed by atoms with Crippen LogP contribution in [0.1, 0.15) is 17.7 Å². The Balaban J connectivity index is 1.51.